The Kier molecular flexibility index (Phi) is 5.30. The first-order valence-electron chi connectivity index (χ1n) is 7.55. The number of carbonyl (C=O) groups excluding carboxylic acids is 2. The van der Waals surface area contributed by atoms with Crippen molar-refractivity contribution in [3.8, 4) is 5.75 Å². The van der Waals surface area contributed by atoms with Gasteiger partial charge in [-0.2, -0.15) is 0 Å². The first-order valence-corrected chi connectivity index (χ1v) is 7.55. The highest BCUT2D eigenvalue weighted by Gasteiger charge is 2.23. The molecule has 1 aliphatic rings. The third-order valence-electron chi connectivity index (χ3n) is 3.20. The molecule has 0 saturated heterocycles. The van der Waals surface area contributed by atoms with E-state index in [2.05, 4.69) is 10.6 Å². The molecule has 0 fully saturated rings. The van der Waals surface area contributed by atoms with Crippen molar-refractivity contribution in [3.05, 3.63) is 23.8 Å². The van der Waals surface area contributed by atoms with E-state index in [1.54, 1.807) is 32.9 Å². The normalized spacial score (nSPS) is 16.3. The zero-order valence-electron chi connectivity index (χ0n) is 13.8. The van der Waals surface area contributed by atoms with Crippen LogP contribution in [0.4, 0.5) is 10.5 Å². The minimum atomic E-state index is -1.23. The van der Waals surface area contributed by atoms with Gasteiger partial charge in [0.2, 0.25) is 0 Å². The van der Waals surface area contributed by atoms with Crippen LogP contribution in [0.25, 0.3) is 0 Å². The van der Waals surface area contributed by atoms with Crippen LogP contribution in [0.3, 0.4) is 0 Å². The Morgan fingerprint density at radius 1 is 1.42 bits per heavy atom. The van der Waals surface area contributed by atoms with Crippen molar-refractivity contribution in [3.63, 3.8) is 0 Å². The van der Waals surface area contributed by atoms with Gasteiger partial charge < -0.3 is 30.3 Å². The molecule has 1 aliphatic heterocycles. The molecule has 8 heteroatoms. The van der Waals surface area contributed by atoms with E-state index in [0.717, 1.165) is 0 Å². The molecule has 8 nitrogen and oxygen atoms in total. The minimum absolute atomic E-state index is 0.102. The molecule has 1 aromatic rings. The Balaban J connectivity index is 1.94. The van der Waals surface area contributed by atoms with Gasteiger partial charge in [0.25, 0.3) is 5.91 Å². The van der Waals surface area contributed by atoms with Gasteiger partial charge in [-0.1, -0.05) is 6.07 Å². The van der Waals surface area contributed by atoms with Crippen LogP contribution in [0.5, 0.6) is 5.75 Å². The summed E-state index contributed by atoms with van der Waals surface area (Å²) in [4.78, 5) is 22.8. The van der Waals surface area contributed by atoms with Crippen molar-refractivity contribution in [1.29, 1.82) is 0 Å². The van der Waals surface area contributed by atoms with Gasteiger partial charge in [0.15, 0.2) is 6.61 Å². The van der Waals surface area contributed by atoms with E-state index in [9.17, 15) is 19.8 Å². The Bertz CT molecular complexity index is 625. The summed E-state index contributed by atoms with van der Waals surface area (Å²) in [5.74, 6) is 0.163. The number of amides is 2. The van der Waals surface area contributed by atoms with Crippen molar-refractivity contribution >= 4 is 17.7 Å². The molecule has 24 heavy (non-hydrogen) atoms. The first kappa shape index (κ1) is 18.0. The molecule has 1 aromatic carbocycles. The highest BCUT2D eigenvalue weighted by Crippen LogP contribution is 2.31. The summed E-state index contributed by atoms with van der Waals surface area (Å²) >= 11 is 0. The molecule has 0 spiro atoms. The quantitative estimate of drug-likeness (QED) is 0.649. The van der Waals surface area contributed by atoms with Crippen LogP contribution in [0.1, 0.15) is 32.4 Å². The summed E-state index contributed by atoms with van der Waals surface area (Å²) in [5.41, 5.74) is 0.264. The number of ether oxygens (including phenoxy) is 2. The fourth-order valence-corrected chi connectivity index (χ4v) is 2.11. The average Bonchev–Trinajstić information content (AvgIpc) is 2.49. The summed E-state index contributed by atoms with van der Waals surface area (Å²) in [6, 6.07) is 4.68. The third kappa shape index (κ3) is 4.84. The molecule has 0 bridgehead atoms. The predicted octanol–water partition coefficient (Wildman–Crippen LogP) is 0.937. The van der Waals surface area contributed by atoms with Crippen LogP contribution in [0.15, 0.2) is 18.2 Å². The molecule has 0 saturated carbocycles. The van der Waals surface area contributed by atoms with Crippen molar-refractivity contribution in [1.82, 2.24) is 5.32 Å². The second kappa shape index (κ2) is 7.06. The molecule has 1 heterocycles. The first-order chi connectivity index (χ1) is 11.2. The number of carbonyl (C=O) groups is 2. The maximum Gasteiger partial charge on any atom is 0.407 e. The van der Waals surface area contributed by atoms with Crippen molar-refractivity contribution in [2.24, 2.45) is 0 Å². The molecule has 2 unspecified atom stereocenters. The highest BCUT2D eigenvalue weighted by atomic mass is 16.6. The number of rotatable bonds is 4. The standard InChI is InChI=1S/C16H22N2O6/c1-16(2,3)24-15(22)17-7-11(19)14(21)9-4-5-10-12(6-9)23-8-13(20)18-10/h4-6,11,14,19,21H,7-8H2,1-3H3,(H,17,22)(H,18,20). The number of alkyl carbamates (subject to hydrolysis) is 1. The molecule has 2 atom stereocenters. The lowest BCUT2D eigenvalue weighted by molar-refractivity contribution is -0.118. The highest BCUT2D eigenvalue weighted by molar-refractivity contribution is 5.95. The molecular weight excluding hydrogens is 316 g/mol. The second-order valence-electron chi connectivity index (χ2n) is 6.49. The molecular formula is C16H22N2O6. The fraction of sp³-hybridized carbons (Fsp3) is 0.500. The van der Waals surface area contributed by atoms with Gasteiger partial charge in [0.1, 0.15) is 23.6 Å². The topological polar surface area (TPSA) is 117 Å². The van der Waals surface area contributed by atoms with Crippen LogP contribution in [0.2, 0.25) is 0 Å². The summed E-state index contributed by atoms with van der Waals surface area (Å²) in [5, 5.41) is 25.3. The van der Waals surface area contributed by atoms with Crippen LogP contribution in [0, 0.1) is 0 Å². The molecule has 0 radical (unpaired) electrons. The van der Waals surface area contributed by atoms with Gasteiger partial charge in [-0.3, -0.25) is 4.79 Å². The van der Waals surface area contributed by atoms with E-state index in [1.807, 2.05) is 0 Å². The Hall–Kier alpha value is -2.32. The lowest BCUT2D eigenvalue weighted by atomic mass is 10.0. The third-order valence-corrected chi connectivity index (χ3v) is 3.20. The van der Waals surface area contributed by atoms with Crippen molar-refractivity contribution in [2.45, 2.75) is 38.6 Å². The number of anilines is 1. The number of aliphatic hydroxyl groups excluding tert-OH is 2. The van der Waals surface area contributed by atoms with E-state index in [4.69, 9.17) is 9.47 Å². The second-order valence-corrected chi connectivity index (χ2v) is 6.49. The monoisotopic (exact) mass is 338 g/mol. The van der Waals surface area contributed by atoms with E-state index in [0.29, 0.717) is 17.0 Å². The van der Waals surface area contributed by atoms with E-state index in [-0.39, 0.29) is 19.1 Å². The Morgan fingerprint density at radius 3 is 2.79 bits per heavy atom. The Labute approximate surface area is 139 Å². The van der Waals surface area contributed by atoms with Crippen LogP contribution < -0.4 is 15.4 Å². The number of benzene rings is 1. The van der Waals surface area contributed by atoms with Gasteiger partial charge in [0, 0.05) is 6.54 Å². The maximum atomic E-state index is 11.6. The largest absolute Gasteiger partial charge is 0.482 e. The maximum absolute atomic E-state index is 11.6. The van der Waals surface area contributed by atoms with Gasteiger partial charge >= 0.3 is 6.09 Å². The summed E-state index contributed by atoms with van der Waals surface area (Å²) in [6.07, 6.45) is -3.13. The molecule has 132 valence electrons. The summed E-state index contributed by atoms with van der Waals surface area (Å²) in [7, 11) is 0. The molecule has 0 aliphatic carbocycles. The van der Waals surface area contributed by atoms with Crippen LogP contribution in [-0.2, 0) is 9.53 Å². The SMILES string of the molecule is CC(C)(C)OC(=O)NCC(O)C(O)c1ccc2c(c1)OCC(=O)N2. The van der Waals surface area contributed by atoms with Crippen molar-refractivity contribution in [2.75, 3.05) is 18.5 Å². The number of hydrogen-bond donors (Lipinski definition) is 4. The minimum Gasteiger partial charge on any atom is -0.482 e. The average molecular weight is 338 g/mol. The van der Waals surface area contributed by atoms with Gasteiger partial charge in [-0.05, 0) is 38.5 Å². The van der Waals surface area contributed by atoms with Gasteiger partial charge in [-0.25, -0.2) is 4.79 Å². The van der Waals surface area contributed by atoms with Crippen molar-refractivity contribution < 1.29 is 29.3 Å². The molecule has 0 aromatic heterocycles. The van der Waals surface area contributed by atoms with Gasteiger partial charge in [0.05, 0.1) is 5.69 Å². The predicted molar refractivity (Wildman–Crippen MR) is 85.8 cm³/mol. The van der Waals surface area contributed by atoms with E-state index < -0.39 is 23.9 Å². The summed E-state index contributed by atoms with van der Waals surface area (Å²) < 4.78 is 10.3. The van der Waals surface area contributed by atoms with Crippen LogP contribution >= 0.6 is 0 Å². The molecule has 4 N–H and O–H groups in total. The van der Waals surface area contributed by atoms with E-state index in [1.165, 1.54) is 6.07 Å². The number of fused-ring (bicyclic) bond motifs is 1. The van der Waals surface area contributed by atoms with E-state index >= 15 is 0 Å². The lowest BCUT2D eigenvalue weighted by Gasteiger charge is -2.23. The zero-order chi connectivity index (χ0) is 17.9. The lowest BCUT2D eigenvalue weighted by Crippen LogP contribution is -2.38. The smallest absolute Gasteiger partial charge is 0.407 e. The number of hydrogen-bond acceptors (Lipinski definition) is 6. The molecule has 2 amide bonds. The number of aliphatic hydroxyl groups is 2. The molecule has 2 rings (SSSR count). The Morgan fingerprint density at radius 2 is 2.12 bits per heavy atom. The summed E-state index contributed by atoms with van der Waals surface area (Å²) in [6.45, 7) is 4.90. The number of nitrogens with one attached hydrogen (secondary N) is 2. The zero-order valence-corrected chi connectivity index (χ0v) is 13.8. The fourth-order valence-electron chi connectivity index (χ4n) is 2.11. The van der Waals surface area contributed by atoms with Gasteiger partial charge in [-0.15, -0.1) is 0 Å². The van der Waals surface area contributed by atoms with Crippen LogP contribution in [-0.4, -0.2) is 47.1 Å².